The predicted molar refractivity (Wildman–Crippen MR) is 136 cm³/mol. The summed E-state index contributed by atoms with van der Waals surface area (Å²) in [5.41, 5.74) is 1.60. The van der Waals surface area contributed by atoms with Crippen molar-refractivity contribution in [2.24, 2.45) is 0 Å². The second-order valence-electron chi connectivity index (χ2n) is 8.95. The molecule has 1 saturated heterocycles. The van der Waals surface area contributed by atoms with Crippen molar-refractivity contribution < 1.29 is 19.1 Å². The van der Waals surface area contributed by atoms with Crippen LogP contribution in [-0.4, -0.2) is 32.3 Å². The average Bonchev–Trinajstić information content (AvgIpc) is 3.53. The number of piperidine rings is 1. The lowest BCUT2D eigenvalue weighted by molar-refractivity contribution is -0.135. The highest BCUT2D eigenvalue weighted by molar-refractivity contribution is 7.09. The molecule has 186 valence electrons. The van der Waals surface area contributed by atoms with E-state index in [9.17, 15) is 19.2 Å². The number of thiazole rings is 1. The van der Waals surface area contributed by atoms with Crippen LogP contribution < -0.4 is 20.9 Å². The van der Waals surface area contributed by atoms with Gasteiger partial charge in [-0.05, 0) is 37.1 Å². The van der Waals surface area contributed by atoms with Gasteiger partial charge in [-0.2, -0.15) is 0 Å². The zero-order chi connectivity index (χ0) is 25.7. The van der Waals surface area contributed by atoms with Crippen LogP contribution >= 0.6 is 11.3 Å². The normalized spacial score (nSPS) is 18.8. The van der Waals surface area contributed by atoms with Crippen LogP contribution in [0.25, 0.3) is 10.9 Å². The molecule has 0 saturated carbocycles. The fourth-order valence-electron chi connectivity index (χ4n) is 4.77. The third kappa shape index (κ3) is 4.06. The van der Waals surface area contributed by atoms with E-state index in [1.54, 1.807) is 30.5 Å². The summed E-state index contributed by atoms with van der Waals surface area (Å²) in [6.07, 6.45) is 0.814. The molecule has 11 heteroatoms. The van der Waals surface area contributed by atoms with Gasteiger partial charge >= 0.3 is 0 Å². The number of benzene rings is 2. The Bertz CT molecular complexity index is 1630. The summed E-state index contributed by atoms with van der Waals surface area (Å²) in [4.78, 5) is 59.4. The van der Waals surface area contributed by atoms with Gasteiger partial charge in [-0.1, -0.05) is 24.3 Å². The first-order valence-electron chi connectivity index (χ1n) is 11.8. The molecule has 0 spiro atoms. The molecule has 2 aliphatic heterocycles. The van der Waals surface area contributed by atoms with Crippen LogP contribution in [0.3, 0.4) is 0 Å². The van der Waals surface area contributed by atoms with Gasteiger partial charge in [0, 0.05) is 18.2 Å². The molecule has 6 rings (SSSR count). The average molecular weight is 516 g/mol. The Labute approximate surface area is 214 Å². The molecular formula is C26H21N5O5S. The molecule has 2 aliphatic rings. The Morgan fingerprint density at radius 3 is 2.78 bits per heavy atom. The summed E-state index contributed by atoms with van der Waals surface area (Å²) in [6.45, 7) is 1.62. The first-order valence-corrected chi connectivity index (χ1v) is 12.6. The monoisotopic (exact) mass is 515 g/mol. The van der Waals surface area contributed by atoms with E-state index in [1.165, 1.54) is 15.9 Å². The molecule has 4 heterocycles. The van der Waals surface area contributed by atoms with Crippen LogP contribution in [-0.2, 0) is 16.0 Å². The molecule has 0 aliphatic carbocycles. The molecule has 2 N–H and O–H groups in total. The minimum atomic E-state index is -0.822. The molecule has 2 aromatic heterocycles. The number of rotatable bonds is 4. The SMILES string of the molecule is Cc1nc2c(NC(=O)c3csc(C4Cc5ccccc5O4)n3)cccc2c(=O)n1C1CCC(=O)NC1=O. The zero-order valence-electron chi connectivity index (χ0n) is 19.7. The fourth-order valence-corrected chi connectivity index (χ4v) is 5.60. The van der Waals surface area contributed by atoms with E-state index in [0.717, 1.165) is 11.3 Å². The molecule has 2 unspecified atom stereocenters. The molecule has 37 heavy (non-hydrogen) atoms. The number of aromatic nitrogens is 3. The Hall–Kier alpha value is -4.38. The van der Waals surface area contributed by atoms with Crippen molar-refractivity contribution in [3.8, 4) is 5.75 Å². The first kappa shape index (κ1) is 23.0. The van der Waals surface area contributed by atoms with E-state index in [4.69, 9.17) is 4.74 Å². The van der Waals surface area contributed by atoms with E-state index in [0.29, 0.717) is 28.5 Å². The van der Waals surface area contributed by atoms with Gasteiger partial charge in [0.1, 0.15) is 33.8 Å². The number of para-hydroxylation sites is 2. The lowest BCUT2D eigenvalue weighted by Gasteiger charge is -2.24. The summed E-state index contributed by atoms with van der Waals surface area (Å²) in [5.74, 6) is -0.184. The van der Waals surface area contributed by atoms with Crippen molar-refractivity contribution in [1.29, 1.82) is 0 Å². The number of hydrogen-bond acceptors (Lipinski definition) is 8. The van der Waals surface area contributed by atoms with Crippen LogP contribution in [0.2, 0.25) is 0 Å². The molecule has 3 amide bonds. The molecule has 0 bridgehead atoms. The second kappa shape index (κ2) is 8.93. The molecule has 1 fully saturated rings. The largest absolute Gasteiger partial charge is 0.483 e. The minimum Gasteiger partial charge on any atom is -0.483 e. The van der Waals surface area contributed by atoms with E-state index in [1.807, 2.05) is 24.3 Å². The third-order valence-corrected chi connectivity index (χ3v) is 7.49. The number of carbonyl (C=O) groups is 3. The van der Waals surface area contributed by atoms with Crippen molar-refractivity contribution in [3.05, 3.63) is 80.3 Å². The van der Waals surface area contributed by atoms with Crippen molar-refractivity contribution >= 4 is 45.6 Å². The van der Waals surface area contributed by atoms with E-state index < -0.39 is 23.4 Å². The molecule has 10 nitrogen and oxygen atoms in total. The van der Waals surface area contributed by atoms with E-state index in [-0.39, 0.29) is 35.9 Å². The van der Waals surface area contributed by atoms with Gasteiger partial charge < -0.3 is 10.1 Å². The van der Waals surface area contributed by atoms with Gasteiger partial charge in [0.15, 0.2) is 6.10 Å². The van der Waals surface area contributed by atoms with Gasteiger partial charge in [-0.25, -0.2) is 9.97 Å². The van der Waals surface area contributed by atoms with Gasteiger partial charge in [-0.15, -0.1) is 11.3 Å². The number of ether oxygens (including phenoxy) is 1. The highest BCUT2D eigenvalue weighted by atomic mass is 32.1. The molecule has 4 aromatic rings. The highest BCUT2D eigenvalue weighted by Crippen LogP contribution is 2.37. The van der Waals surface area contributed by atoms with Crippen LogP contribution in [0, 0.1) is 6.92 Å². The summed E-state index contributed by atoms with van der Waals surface area (Å²) >= 11 is 1.36. The summed E-state index contributed by atoms with van der Waals surface area (Å²) < 4.78 is 7.29. The van der Waals surface area contributed by atoms with Gasteiger partial charge in [0.05, 0.1) is 11.1 Å². The summed E-state index contributed by atoms with van der Waals surface area (Å²) in [6, 6.07) is 11.9. The Morgan fingerprint density at radius 2 is 1.97 bits per heavy atom. The number of anilines is 1. The number of aryl methyl sites for hydroxylation is 1. The number of carbonyl (C=O) groups excluding carboxylic acids is 3. The number of nitrogens with zero attached hydrogens (tertiary/aromatic N) is 3. The van der Waals surface area contributed by atoms with Gasteiger partial charge in [0.2, 0.25) is 11.8 Å². The number of nitrogens with one attached hydrogen (secondary N) is 2. The van der Waals surface area contributed by atoms with Crippen LogP contribution in [0.4, 0.5) is 5.69 Å². The van der Waals surface area contributed by atoms with Crippen molar-refractivity contribution in [2.45, 2.75) is 38.3 Å². The maximum Gasteiger partial charge on any atom is 0.275 e. The predicted octanol–water partition coefficient (Wildman–Crippen LogP) is 3.07. The number of imide groups is 1. The van der Waals surface area contributed by atoms with Gasteiger partial charge in [0.25, 0.3) is 11.5 Å². The molecular weight excluding hydrogens is 494 g/mol. The van der Waals surface area contributed by atoms with E-state index >= 15 is 0 Å². The van der Waals surface area contributed by atoms with Crippen molar-refractivity contribution in [1.82, 2.24) is 19.9 Å². The highest BCUT2D eigenvalue weighted by Gasteiger charge is 2.31. The smallest absolute Gasteiger partial charge is 0.275 e. The summed E-state index contributed by atoms with van der Waals surface area (Å²) in [5, 5.41) is 7.74. The van der Waals surface area contributed by atoms with Crippen LogP contribution in [0.1, 0.15) is 51.9 Å². The number of fused-ring (bicyclic) bond motifs is 2. The number of hydrogen-bond donors (Lipinski definition) is 2. The number of amides is 3. The van der Waals surface area contributed by atoms with Crippen molar-refractivity contribution in [2.75, 3.05) is 5.32 Å². The van der Waals surface area contributed by atoms with Gasteiger partial charge in [-0.3, -0.25) is 29.1 Å². The summed E-state index contributed by atoms with van der Waals surface area (Å²) in [7, 11) is 0. The maximum atomic E-state index is 13.3. The third-order valence-electron chi connectivity index (χ3n) is 6.55. The quantitative estimate of drug-likeness (QED) is 0.399. The standard InChI is InChI=1S/C26H21N5O5S/c1-13-27-22-15(26(35)31(13)18-9-10-21(32)30-24(18)34)6-4-7-16(22)28-23(33)17-12-37-25(29-17)20-11-14-5-2-3-8-19(14)36-20/h2-8,12,18,20H,9-11H2,1H3,(H,28,33)(H,30,32,34). The lowest BCUT2D eigenvalue weighted by atomic mass is 10.1. The first-order chi connectivity index (χ1) is 17.9. The van der Waals surface area contributed by atoms with E-state index in [2.05, 4.69) is 20.6 Å². The Kier molecular flexibility index (Phi) is 5.56. The molecule has 2 atom stereocenters. The molecule has 2 aromatic carbocycles. The second-order valence-corrected chi connectivity index (χ2v) is 9.84. The molecule has 0 radical (unpaired) electrons. The van der Waals surface area contributed by atoms with Crippen molar-refractivity contribution in [3.63, 3.8) is 0 Å². The minimum absolute atomic E-state index is 0.143. The Balaban J connectivity index is 1.27. The van der Waals surface area contributed by atoms with Crippen LogP contribution in [0.15, 0.2) is 52.6 Å². The Morgan fingerprint density at radius 1 is 1.14 bits per heavy atom. The maximum absolute atomic E-state index is 13.3. The lowest BCUT2D eigenvalue weighted by Crippen LogP contribution is -2.45. The topological polar surface area (TPSA) is 132 Å². The zero-order valence-corrected chi connectivity index (χ0v) is 20.5. The fraction of sp³-hybridized carbons (Fsp3) is 0.231. The van der Waals surface area contributed by atoms with Crippen LogP contribution in [0.5, 0.6) is 5.75 Å².